The van der Waals surface area contributed by atoms with E-state index in [2.05, 4.69) is 0 Å². The molecular formula is C8H6NO3RbRe. The minimum atomic E-state index is -1.19. The third-order valence-corrected chi connectivity index (χ3v) is 1.40. The number of carboxylic acid groups (broad SMARTS) is 1. The van der Waals surface area contributed by atoms with Crippen LogP contribution in [0.1, 0.15) is 20.7 Å². The summed E-state index contributed by atoms with van der Waals surface area (Å²) in [5.41, 5.74) is 6.54. The minimum Gasteiger partial charge on any atom is -0.664 e. The van der Waals surface area contributed by atoms with Crippen LogP contribution in [0.4, 0.5) is 0 Å². The van der Waals surface area contributed by atoms with E-state index in [-0.39, 0.29) is 89.7 Å². The summed E-state index contributed by atoms with van der Waals surface area (Å²) in [6.45, 7) is 0. The van der Waals surface area contributed by atoms with Gasteiger partial charge in [0, 0.05) is 26.0 Å². The molecule has 0 spiro atoms. The molecule has 0 fully saturated rings. The molecule has 14 heavy (non-hydrogen) atoms. The number of carbonyl (C=O) groups is 2. The van der Waals surface area contributed by atoms with Crippen LogP contribution in [0.25, 0.3) is 5.73 Å². The van der Waals surface area contributed by atoms with E-state index in [1.807, 2.05) is 0 Å². The zero-order valence-corrected chi connectivity index (χ0v) is 15.1. The number of hydrogen-bond acceptors (Lipinski definition) is 2. The van der Waals surface area contributed by atoms with Crippen molar-refractivity contribution in [2.45, 2.75) is 0 Å². The Hall–Kier alpha value is 0.628. The van der Waals surface area contributed by atoms with Crippen LogP contribution in [-0.4, -0.2) is 17.0 Å². The van der Waals surface area contributed by atoms with E-state index >= 15 is 0 Å². The van der Waals surface area contributed by atoms with Gasteiger partial charge in [-0.25, -0.2) is 4.79 Å². The number of carboxylic acids is 1. The van der Waals surface area contributed by atoms with Crippen LogP contribution in [0.5, 0.6) is 0 Å². The quantitative estimate of drug-likeness (QED) is 0.619. The minimum absolute atomic E-state index is 0. The fraction of sp³-hybridized carbons (Fsp3) is 0. The zero-order chi connectivity index (χ0) is 9.14. The summed E-state index contributed by atoms with van der Waals surface area (Å²) in [5.74, 6) is -2.17. The first-order chi connectivity index (χ1) is 5.63. The third kappa shape index (κ3) is 4.43. The molecular weight excluding hydrogens is 430 g/mol. The summed E-state index contributed by atoms with van der Waals surface area (Å²) in [4.78, 5) is 21.1. The Morgan fingerprint density at radius 2 is 1.57 bits per heavy atom. The van der Waals surface area contributed by atoms with Gasteiger partial charge in [-0.05, 0) is 6.07 Å². The van der Waals surface area contributed by atoms with Gasteiger partial charge in [-0.15, -0.1) is 0 Å². The average Bonchev–Trinajstić information content (AvgIpc) is 2.04. The largest absolute Gasteiger partial charge is 1.00 e. The Morgan fingerprint density at radius 1 is 1.14 bits per heavy atom. The molecule has 0 aliphatic carbocycles. The molecule has 4 nitrogen and oxygen atoms in total. The molecule has 1 amide bonds. The van der Waals surface area contributed by atoms with Crippen LogP contribution >= 0.6 is 0 Å². The summed E-state index contributed by atoms with van der Waals surface area (Å²) >= 11 is 0. The van der Waals surface area contributed by atoms with Crippen molar-refractivity contribution in [1.82, 2.24) is 0 Å². The Labute approximate surface area is 144 Å². The second kappa shape index (κ2) is 7.86. The van der Waals surface area contributed by atoms with Gasteiger partial charge in [0.15, 0.2) is 0 Å². The molecule has 0 atom stereocenters. The molecule has 6 heteroatoms. The molecule has 0 bridgehead atoms. The monoisotopic (exact) mass is 436 g/mol. The van der Waals surface area contributed by atoms with Crippen LogP contribution < -0.4 is 58.2 Å². The molecule has 0 saturated carbocycles. The Balaban J connectivity index is 0. The van der Waals surface area contributed by atoms with E-state index in [9.17, 15) is 9.59 Å². The van der Waals surface area contributed by atoms with E-state index < -0.39 is 11.9 Å². The number of hydrogen-bond donors (Lipinski definition) is 1. The molecule has 2 N–H and O–H groups in total. The van der Waals surface area contributed by atoms with Crippen molar-refractivity contribution < 1.29 is 93.3 Å². The summed E-state index contributed by atoms with van der Waals surface area (Å²) < 4.78 is 0. The van der Waals surface area contributed by atoms with Gasteiger partial charge in [-0.2, -0.15) is 0 Å². The van der Waals surface area contributed by atoms with Crippen LogP contribution in [-0.2, 0) is 20.4 Å². The molecule has 0 aliphatic heterocycles. The van der Waals surface area contributed by atoms with Crippen molar-refractivity contribution >= 4 is 11.9 Å². The first-order valence-corrected chi connectivity index (χ1v) is 3.21. The maximum Gasteiger partial charge on any atom is 1.00 e. The maximum absolute atomic E-state index is 10.6. The number of nitrogens with one attached hydrogen (secondary N) is 1. The van der Waals surface area contributed by atoms with Crippen molar-refractivity contribution in [2.75, 3.05) is 0 Å². The van der Waals surface area contributed by atoms with Crippen molar-refractivity contribution in [3.8, 4) is 0 Å². The molecule has 1 radical (unpaired) electrons. The van der Waals surface area contributed by atoms with Gasteiger partial charge in [0.2, 0.25) is 0 Å². The van der Waals surface area contributed by atoms with Crippen molar-refractivity contribution in [1.29, 1.82) is 0 Å². The molecule has 0 heterocycles. The van der Waals surface area contributed by atoms with E-state index in [0.717, 1.165) is 0 Å². The Morgan fingerprint density at radius 3 is 1.86 bits per heavy atom. The zero-order valence-electron chi connectivity index (χ0n) is 7.45. The SMILES string of the molecule is [NH-]C(=O)c1ccccc1C(=O)O.[Rb+].[Re]. The van der Waals surface area contributed by atoms with E-state index in [4.69, 9.17) is 10.8 Å². The van der Waals surface area contributed by atoms with Crippen molar-refractivity contribution in [3.05, 3.63) is 41.1 Å². The van der Waals surface area contributed by atoms with E-state index in [1.54, 1.807) is 0 Å². The molecule has 0 aromatic heterocycles. The fourth-order valence-corrected chi connectivity index (χ4v) is 0.868. The van der Waals surface area contributed by atoms with Gasteiger partial charge < -0.3 is 15.6 Å². The van der Waals surface area contributed by atoms with Gasteiger partial charge in [0.1, 0.15) is 0 Å². The van der Waals surface area contributed by atoms with Gasteiger partial charge in [-0.1, -0.05) is 18.2 Å². The normalized spacial score (nSPS) is 8.00. The predicted octanol–water partition coefficient (Wildman–Crippen LogP) is -1.42. The van der Waals surface area contributed by atoms with Crippen LogP contribution in [0.15, 0.2) is 24.3 Å². The predicted molar refractivity (Wildman–Crippen MR) is 42.1 cm³/mol. The summed E-state index contributed by atoms with van der Waals surface area (Å²) in [5, 5.41) is 8.58. The van der Waals surface area contributed by atoms with Gasteiger partial charge in [0.05, 0.1) is 11.5 Å². The second-order valence-electron chi connectivity index (χ2n) is 2.18. The molecule has 1 aromatic carbocycles. The number of carbonyl (C=O) groups excluding carboxylic acids is 1. The maximum atomic E-state index is 10.6. The average molecular weight is 436 g/mol. The van der Waals surface area contributed by atoms with Crippen molar-refractivity contribution in [2.24, 2.45) is 0 Å². The molecule has 0 unspecified atom stereocenters. The number of aromatic carboxylic acids is 1. The summed E-state index contributed by atoms with van der Waals surface area (Å²) in [6, 6.07) is 5.65. The topological polar surface area (TPSA) is 78.2 Å². The summed E-state index contributed by atoms with van der Waals surface area (Å²) in [7, 11) is 0. The van der Waals surface area contributed by atoms with E-state index in [1.165, 1.54) is 24.3 Å². The molecule has 69 valence electrons. The smallest absolute Gasteiger partial charge is 0.664 e. The summed E-state index contributed by atoms with van der Waals surface area (Å²) in [6.07, 6.45) is 0. The number of amides is 1. The number of rotatable bonds is 2. The van der Waals surface area contributed by atoms with Crippen LogP contribution in [0, 0.1) is 0 Å². The van der Waals surface area contributed by atoms with E-state index in [0.29, 0.717) is 0 Å². The number of benzene rings is 1. The second-order valence-corrected chi connectivity index (χ2v) is 2.18. The van der Waals surface area contributed by atoms with Crippen LogP contribution in [0.3, 0.4) is 0 Å². The Kier molecular flexibility index (Phi) is 9.56. The fourth-order valence-electron chi connectivity index (χ4n) is 0.868. The standard InChI is InChI=1S/C8H7NO3.Rb.Re/c9-7(10)5-3-1-2-4-6(5)8(11)12;;/h1-4H,(H3,9,10,11,12);;/q;+1;/p-1. The van der Waals surface area contributed by atoms with Gasteiger partial charge in [-0.3, -0.25) is 0 Å². The first-order valence-electron chi connectivity index (χ1n) is 3.21. The molecule has 1 aromatic rings. The van der Waals surface area contributed by atoms with Gasteiger partial charge >= 0.3 is 64.2 Å². The third-order valence-electron chi connectivity index (χ3n) is 1.40. The molecule has 0 aliphatic rings. The Bertz CT molecular complexity index is 310. The first kappa shape index (κ1) is 17.0. The van der Waals surface area contributed by atoms with Crippen molar-refractivity contribution in [3.63, 3.8) is 0 Å². The molecule has 1 rings (SSSR count). The van der Waals surface area contributed by atoms with Gasteiger partial charge in [0.25, 0.3) is 0 Å². The van der Waals surface area contributed by atoms with Crippen LogP contribution in [0.2, 0.25) is 0 Å². The molecule has 0 saturated heterocycles.